The third kappa shape index (κ3) is 5.61. The normalized spacial score (nSPS) is 19.2. The molecule has 0 saturated carbocycles. The van der Waals surface area contributed by atoms with Crippen LogP contribution in [-0.4, -0.2) is 44.9 Å². The van der Waals surface area contributed by atoms with Crippen molar-refractivity contribution in [3.05, 3.63) is 53.1 Å². The summed E-state index contributed by atoms with van der Waals surface area (Å²) in [5.41, 5.74) is 4.99. The van der Waals surface area contributed by atoms with Crippen LogP contribution < -0.4 is 14.9 Å². The number of anilines is 3. The van der Waals surface area contributed by atoms with Crippen molar-refractivity contribution in [2.45, 2.75) is 59.0 Å². The molecule has 2 N–H and O–H groups in total. The highest BCUT2D eigenvalue weighted by molar-refractivity contribution is 7.93. The molecule has 2 aromatic carbocycles. The van der Waals surface area contributed by atoms with E-state index >= 15 is 0 Å². The van der Waals surface area contributed by atoms with E-state index in [1.54, 1.807) is 38.1 Å². The first-order chi connectivity index (χ1) is 15.0. The molecule has 174 valence electrons. The molecular weight excluding hydrogens is 426 g/mol. The van der Waals surface area contributed by atoms with E-state index in [2.05, 4.69) is 42.6 Å². The van der Waals surface area contributed by atoms with Crippen LogP contribution in [0.25, 0.3) is 0 Å². The number of hydrogen-bond donors (Lipinski definition) is 2. The van der Waals surface area contributed by atoms with Crippen LogP contribution in [0.3, 0.4) is 0 Å². The molecule has 1 fully saturated rings. The summed E-state index contributed by atoms with van der Waals surface area (Å²) in [4.78, 5) is 15.1. The van der Waals surface area contributed by atoms with Crippen molar-refractivity contribution in [3.63, 3.8) is 0 Å². The van der Waals surface area contributed by atoms with Gasteiger partial charge in [-0.1, -0.05) is 0 Å². The monoisotopic (exact) mass is 459 g/mol. The van der Waals surface area contributed by atoms with Crippen molar-refractivity contribution in [1.29, 1.82) is 0 Å². The zero-order chi connectivity index (χ0) is 23.6. The average Bonchev–Trinajstić information content (AvgIpc) is 2.66. The number of nitrogens with one attached hydrogen (secondary N) is 2. The fourth-order valence-electron chi connectivity index (χ4n) is 4.06. The second kappa shape index (κ2) is 9.50. The molecule has 7 nitrogen and oxygen atoms in total. The minimum Gasteiger partial charge on any atom is -0.372 e. The van der Waals surface area contributed by atoms with Gasteiger partial charge in [0.1, 0.15) is 0 Å². The maximum atomic E-state index is 12.7. The summed E-state index contributed by atoms with van der Waals surface area (Å²) in [6.07, 6.45) is 0.342. The number of benzene rings is 2. The molecule has 0 radical (unpaired) electrons. The minimum absolute atomic E-state index is 0.171. The second-order valence-electron chi connectivity index (χ2n) is 8.85. The number of ether oxygens (including phenoxy) is 1. The molecule has 1 amide bonds. The van der Waals surface area contributed by atoms with Crippen molar-refractivity contribution < 1.29 is 17.9 Å². The Morgan fingerprint density at radius 3 is 2.03 bits per heavy atom. The number of carbonyl (C=O) groups excluding carboxylic acids is 1. The third-order valence-electron chi connectivity index (χ3n) is 5.51. The van der Waals surface area contributed by atoms with E-state index in [1.165, 1.54) is 5.69 Å². The molecule has 0 unspecified atom stereocenters. The van der Waals surface area contributed by atoms with Crippen molar-refractivity contribution in [1.82, 2.24) is 0 Å². The van der Waals surface area contributed by atoms with Crippen LogP contribution in [0.5, 0.6) is 0 Å². The molecule has 2 aromatic rings. The van der Waals surface area contributed by atoms with E-state index in [0.29, 0.717) is 11.3 Å². The van der Waals surface area contributed by atoms with Gasteiger partial charge in [0.2, 0.25) is 10.0 Å². The van der Waals surface area contributed by atoms with E-state index in [1.807, 2.05) is 12.1 Å². The Morgan fingerprint density at radius 1 is 1.00 bits per heavy atom. The Balaban J connectivity index is 1.73. The zero-order valence-electron chi connectivity index (χ0n) is 19.6. The summed E-state index contributed by atoms with van der Waals surface area (Å²) in [5, 5.41) is 2.41. The first kappa shape index (κ1) is 24.1. The predicted octanol–water partition coefficient (Wildman–Crippen LogP) is 4.32. The molecule has 0 bridgehead atoms. The lowest BCUT2D eigenvalue weighted by Crippen LogP contribution is -2.46. The number of sulfonamides is 1. The Bertz CT molecular complexity index is 1050. The molecule has 1 saturated heterocycles. The van der Waals surface area contributed by atoms with Gasteiger partial charge in [0.25, 0.3) is 5.91 Å². The van der Waals surface area contributed by atoms with Crippen molar-refractivity contribution in [2.24, 2.45) is 0 Å². The van der Waals surface area contributed by atoms with Gasteiger partial charge in [0, 0.05) is 35.7 Å². The molecule has 1 heterocycles. The highest BCUT2D eigenvalue weighted by Gasteiger charge is 2.25. The molecule has 32 heavy (non-hydrogen) atoms. The third-order valence-corrected chi connectivity index (χ3v) is 7.27. The lowest BCUT2D eigenvalue weighted by atomic mass is 10.0. The number of hydrogen-bond acceptors (Lipinski definition) is 5. The van der Waals surface area contributed by atoms with Crippen LogP contribution in [0.4, 0.5) is 17.1 Å². The van der Waals surface area contributed by atoms with Gasteiger partial charge in [-0.05, 0) is 89.1 Å². The predicted molar refractivity (Wildman–Crippen MR) is 130 cm³/mol. The lowest BCUT2D eigenvalue weighted by Gasteiger charge is -2.38. The van der Waals surface area contributed by atoms with E-state index in [-0.39, 0.29) is 18.1 Å². The topological polar surface area (TPSA) is 87.7 Å². The largest absolute Gasteiger partial charge is 0.372 e. The van der Waals surface area contributed by atoms with E-state index in [9.17, 15) is 13.2 Å². The van der Waals surface area contributed by atoms with E-state index < -0.39 is 15.3 Å². The quantitative estimate of drug-likeness (QED) is 0.672. The maximum Gasteiger partial charge on any atom is 0.255 e. The summed E-state index contributed by atoms with van der Waals surface area (Å²) in [6.45, 7) is 13.2. The first-order valence-corrected chi connectivity index (χ1v) is 12.5. The average molecular weight is 460 g/mol. The molecular formula is C24H33N3O4S. The van der Waals surface area contributed by atoms with Crippen LogP contribution in [-0.2, 0) is 14.8 Å². The highest BCUT2D eigenvalue weighted by atomic mass is 32.2. The van der Waals surface area contributed by atoms with Crippen molar-refractivity contribution in [2.75, 3.05) is 28.0 Å². The Labute approximate surface area is 191 Å². The zero-order valence-corrected chi connectivity index (χ0v) is 20.4. The number of rotatable bonds is 6. The molecule has 1 aliphatic rings. The minimum atomic E-state index is -3.43. The van der Waals surface area contributed by atoms with E-state index in [0.717, 1.165) is 29.9 Å². The van der Waals surface area contributed by atoms with Gasteiger partial charge in [0.15, 0.2) is 0 Å². The van der Waals surface area contributed by atoms with Crippen molar-refractivity contribution in [3.8, 4) is 0 Å². The summed E-state index contributed by atoms with van der Waals surface area (Å²) in [5.74, 6) is -0.247. The molecule has 3 rings (SSSR count). The fourth-order valence-corrected chi connectivity index (χ4v) is 4.76. The summed E-state index contributed by atoms with van der Waals surface area (Å²) in [7, 11) is -3.43. The van der Waals surface area contributed by atoms with Gasteiger partial charge in [-0.3, -0.25) is 9.52 Å². The Morgan fingerprint density at radius 2 is 1.53 bits per heavy atom. The van der Waals surface area contributed by atoms with Gasteiger partial charge in [-0.15, -0.1) is 0 Å². The number of amides is 1. The SMILES string of the molecule is Cc1cc(NC(=O)c2ccc(NS(=O)(=O)C(C)C)cc2)cc(C)c1N1C[C@@H](C)O[C@@H](C)C1. The van der Waals surface area contributed by atoms with Crippen LogP contribution in [0.15, 0.2) is 36.4 Å². The maximum absolute atomic E-state index is 12.7. The van der Waals surface area contributed by atoms with E-state index in [4.69, 9.17) is 4.74 Å². The highest BCUT2D eigenvalue weighted by Crippen LogP contribution is 2.31. The molecule has 0 aliphatic carbocycles. The summed E-state index contributed by atoms with van der Waals surface area (Å²) >= 11 is 0. The second-order valence-corrected chi connectivity index (χ2v) is 11.1. The fraction of sp³-hybridized carbons (Fsp3) is 0.458. The van der Waals surface area contributed by atoms with Crippen LogP contribution in [0.1, 0.15) is 49.2 Å². The lowest BCUT2D eigenvalue weighted by molar-refractivity contribution is -0.00527. The molecule has 8 heteroatoms. The molecule has 1 aliphatic heterocycles. The molecule has 0 aromatic heterocycles. The number of aryl methyl sites for hydroxylation is 2. The van der Waals surface area contributed by atoms with Gasteiger partial charge < -0.3 is 15.0 Å². The Kier molecular flexibility index (Phi) is 7.15. The summed E-state index contributed by atoms with van der Waals surface area (Å²) in [6, 6.07) is 10.4. The van der Waals surface area contributed by atoms with Gasteiger partial charge in [0.05, 0.1) is 17.5 Å². The van der Waals surface area contributed by atoms with Crippen molar-refractivity contribution >= 4 is 33.0 Å². The van der Waals surface area contributed by atoms with Crippen LogP contribution in [0, 0.1) is 13.8 Å². The molecule has 2 atom stereocenters. The summed E-state index contributed by atoms with van der Waals surface area (Å²) < 4.78 is 32.4. The molecule has 0 spiro atoms. The first-order valence-electron chi connectivity index (χ1n) is 10.9. The van der Waals surface area contributed by atoms with Gasteiger partial charge in [-0.2, -0.15) is 0 Å². The van der Waals surface area contributed by atoms with Crippen LogP contribution >= 0.6 is 0 Å². The number of carbonyl (C=O) groups is 1. The van der Waals surface area contributed by atoms with Crippen LogP contribution in [0.2, 0.25) is 0 Å². The Hall–Kier alpha value is -2.58. The standard InChI is InChI=1S/C24H33N3O4S/c1-15(2)32(29,30)26-21-9-7-20(8-10-21)24(28)25-22-11-16(3)23(17(4)12-22)27-13-18(5)31-19(6)14-27/h7-12,15,18-19,26H,13-14H2,1-6H3,(H,25,28)/t18-,19+. The van der Waals surface area contributed by atoms with Gasteiger partial charge >= 0.3 is 0 Å². The number of morpholine rings is 1. The smallest absolute Gasteiger partial charge is 0.255 e. The van der Waals surface area contributed by atoms with Gasteiger partial charge in [-0.25, -0.2) is 8.42 Å². The number of nitrogens with zero attached hydrogens (tertiary/aromatic N) is 1.